The summed E-state index contributed by atoms with van der Waals surface area (Å²) in [7, 11) is 6.72. The largest absolute Gasteiger partial charge is 0.493 e. The fourth-order valence-corrected chi connectivity index (χ4v) is 9.92. The zero-order chi connectivity index (χ0) is 40.3. The Morgan fingerprint density at radius 2 is 1.50 bits per heavy atom. The number of unbranched alkanes of at least 4 members (excludes halogenated alkanes) is 1. The molecule has 12 nitrogen and oxygen atoms in total. The van der Waals surface area contributed by atoms with Crippen LogP contribution in [0.15, 0.2) is 54.3 Å². The van der Waals surface area contributed by atoms with Crippen molar-refractivity contribution in [3.05, 3.63) is 82.1 Å². The predicted octanol–water partition coefficient (Wildman–Crippen LogP) is 7.11. The number of allylic oxidation sites excluding steroid dienone is 1. The topological polar surface area (TPSA) is 118 Å². The van der Waals surface area contributed by atoms with Gasteiger partial charge in [-0.1, -0.05) is 19.4 Å². The molecule has 0 aliphatic carbocycles. The number of nitrogens with zero attached hydrogens (tertiary/aromatic N) is 2. The molecule has 0 saturated carbocycles. The molecule has 12 heteroatoms. The fraction of sp³-hybridized carbons (Fsp3) is 0.543. The molecule has 3 aromatic rings. The van der Waals surface area contributed by atoms with Crippen molar-refractivity contribution >= 4 is 5.91 Å². The van der Waals surface area contributed by atoms with Gasteiger partial charge in [-0.25, -0.2) is 0 Å². The molecule has 312 valence electrons. The molecule has 1 fully saturated rings. The molecule has 5 heterocycles. The second-order valence-electron chi connectivity index (χ2n) is 16.1. The molecule has 5 aliphatic heterocycles. The lowest BCUT2D eigenvalue weighted by atomic mass is 9.72. The Kier molecular flexibility index (Phi) is 12.2. The number of fused-ring (bicyclic) bond motifs is 5. The summed E-state index contributed by atoms with van der Waals surface area (Å²) >= 11 is 0. The molecular weight excluding hydrogens is 741 g/mol. The second kappa shape index (κ2) is 17.7. The molecule has 0 radical (unpaired) electrons. The zero-order valence-corrected chi connectivity index (χ0v) is 34.5. The van der Waals surface area contributed by atoms with Gasteiger partial charge in [0, 0.05) is 44.6 Å². The van der Waals surface area contributed by atoms with E-state index >= 15 is 4.79 Å². The summed E-state index contributed by atoms with van der Waals surface area (Å²) in [5.41, 5.74) is 5.88. The van der Waals surface area contributed by atoms with Gasteiger partial charge in [0.25, 0.3) is 5.91 Å². The highest BCUT2D eigenvalue weighted by Gasteiger charge is 2.43. The molecule has 3 aromatic carbocycles. The van der Waals surface area contributed by atoms with Gasteiger partial charge in [0.2, 0.25) is 13.1 Å². The monoisotopic (exact) mass is 798 g/mol. The van der Waals surface area contributed by atoms with Gasteiger partial charge in [-0.2, -0.15) is 0 Å². The minimum absolute atomic E-state index is 0.0982. The minimum atomic E-state index is -0.631. The van der Waals surface area contributed by atoms with Crippen molar-refractivity contribution in [2.45, 2.75) is 82.6 Å². The van der Waals surface area contributed by atoms with E-state index in [1.165, 1.54) is 16.7 Å². The summed E-state index contributed by atoms with van der Waals surface area (Å²) in [6.07, 6.45) is 7.65. The highest BCUT2D eigenvalue weighted by atomic mass is 16.7. The average Bonchev–Trinajstić information content (AvgIpc) is 3.74. The quantitative estimate of drug-likeness (QED) is 0.168. The molecule has 8 rings (SSSR count). The van der Waals surface area contributed by atoms with Crippen LogP contribution < -0.4 is 28.4 Å². The summed E-state index contributed by atoms with van der Waals surface area (Å²) in [5, 5.41) is 9.38. The van der Waals surface area contributed by atoms with Crippen LogP contribution in [0.4, 0.5) is 0 Å². The highest BCUT2D eigenvalue weighted by Crippen LogP contribution is 2.50. The van der Waals surface area contributed by atoms with Crippen LogP contribution in [0.1, 0.15) is 91.3 Å². The first kappa shape index (κ1) is 40.1. The van der Waals surface area contributed by atoms with Gasteiger partial charge in [-0.05, 0) is 121 Å². The number of ether oxygens (including phenoxy) is 8. The molecule has 5 aliphatic rings. The van der Waals surface area contributed by atoms with Crippen molar-refractivity contribution in [3.63, 3.8) is 0 Å². The number of carbonyl (C=O) groups is 1. The predicted molar refractivity (Wildman–Crippen MR) is 217 cm³/mol. The Labute approximate surface area is 341 Å². The standard InChI is InChI=1S/C46H58N2O10/c1-6-28-26-47-13-11-30-20-39(51-2)41(53-4)24-34(30)36(47)17-32(28)18-37-35-25-42(54-5)40(52-3)21-31(35)12-14-48(37)46(50)44-22-33(23-45(58-44)55-16-8-7-15-49)29-9-10-38-43(19-29)57-27-56-38/h9-10,19-22,24-25,28,32-33,36-37,45,49H,6-8,11-18,23,26-27H2,1-5H3/t28-,32+,33-,36-,37+,45+/m0/s1. The van der Waals surface area contributed by atoms with Gasteiger partial charge in [-0.15, -0.1) is 0 Å². The third-order valence-electron chi connectivity index (χ3n) is 13.0. The number of rotatable bonds is 14. The van der Waals surface area contributed by atoms with Crippen molar-refractivity contribution in [1.29, 1.82) is 0 Å². The third kappa shape index (κ3) is 7.90. The van der Waals surface area contributed by atoms with Crippen LogP contribution >= 0.6 is 0 Å². The van der Waals surface area contributed by atoms with Crippen LogP contribution in [0.2, 0.25) is 0 Å². The lowest BCUT2D eigenvalue weighted by Crippen LogP contribution is -2.48. The first-order valence-electron chi connectivity index (χ1n) is 20.9. The van der Waals surface area contributed by atoms with Crippen LogP contribution in [0.3, 0.4) is 0 Å². The van der Waals surface area contributed by atoms with Crippen molar-refractivity contribution in [1.82, 2.24) is 9.80 Å². The molecule has 1 saturated heterocycles. The Morgan fingerprint density at radius 3 is 2.22 bits per heavy atom. The lowest BCUT2D eigenvalue weighted by Gasteiger charge is -2.49. The van der Waals surface area contributed by atoms with Crippen LogP contribution in [0.5, 0.6) is 34.5 Å². The number of methoxy groups -OCH3 is 4. The summed E-state index contributed by atoms with van der Waals surface area (Å²) in [6, 6.07) is 14.5. The number of hydrogen-bond donors (Lipinski definition) is 1. The molecule has 0 spiro atoms. The van der Waals surface area contributed by atoms with Gasteiger partial charge >= 0.3 is 0 Å². The maximum Gasteiger partial charge on any atom is 0.289 e. The molecular formula is C46H58N2O10. The number of aliphatic hydroxyl groups excluding tert-OH is 1. The zero-order valence-electron chi connectivity index (χ0n) is 34.5. The molecule has 6 atom stereocenters. The first-order chi connectivity index (χ1) is 28.4. The van der Waals surface area contributed by atoms with Crippen molar-refractivity contribution < 1.29 is 47.8 Å². The fourth-order valence-electron chi connectivity index (χ4n) is 9.92. The van der Waals surface area contributed by atoms with Crippen LogP contribution in [0.25, 0.3) is 0 Å². The number of piperidine rings is 1. The summed E-state index contributed by atoms with van der Waals surface area (Å²) < 4.78 is 47.2. The highest BCUT2D eigenvalue weighted by molar-refractivity contribution is 5.92. The maximum atomic E-state index is 15.2. The molecule has 0 unspecified atom stereocenters. The normalized spacial score (nSPS) is 24.8. The molecule has 1 N–H and O–H groups in total. The second-order valence-corrected chi connectivity index (χ2v) is 16.1. The Morgan fingerprint density at radius 1 is 0.810 bits per heavy atom. The number of amides is 1. The van der Waals surface area contributed by atoms with Gasteiger partial charge < -0.3 is 47.9 Å². The number of hydrogen-bond acceptors (Lipinski definition) is 11. The maximum absolute atomic E-state index is 15.2. The van der Waals surface area contributed by atoms with Crippen molar-refractivity contribution in [2.75, 3.05) is 68.1 Å². The van der Waals surface area contributed by atoms with Gasteiger partial charge in [0.1, 0.15) is 0 Å². The van der Waals surface area contributed by atoms with E-state index in [0.717, 1.165) is 61.4 Å². The third-order valence-corrected chi connectivity index (χ3v) is 13.0. The van der Waals surface area contributed by atoms with Crippen LogP contribution in [-0.2, 0) is 27.1 Å². The van der Waals surface area contributed by atoms with E-state index in [1.807, 2.05) is 29.2 Å². The lowest BCUT2D eigenvalue weighted by molar-refractivity contribution is -0.155. The average molecular weight is 799 g/mol. The van der Waals surface area contributed by atoms with Gasteiger partial charge in [0.15, 0.2) is 40.3 Å². The van der Waals surface area contributed by atoms with Crippen LogP contribution in [0, 0.1) is 11.8 Å². The van der Waals surface area contributed by atoms with E-state index in [4.69, 9.17) is 37.9 Å². The number of carbonyl (C=O) groups excluding carboxylic acids is 1. The molecule has 1 amide bonds. The van der Waals surface area contributed by atoms with Crippen LogP contribution in [-0.4, -0.2) is 95.2 Å². The van der Waals surface area contributed by atoms with Crippen molar-refractivity contribution in [2.24, 2.45) is 11.8 Å². The molecule has 0 aromatic heterocycles. The van der Waals surface area contributed by atoms with E-state index in [1.54, 1.807) is 28.4 Å². The van der Waals surface area contributed by atoms with E-state index < -0.39 is 6.29 Å². The van der Waals surface area contributed by atoms with Gasteiger partial charge in [-0.3, -0.25) is 9.69 Å². The molecule has 58 heavy (non-hydrogen) atoms. The van der Waals surface area contributed by atoms with Crippen molar-refractivity contribution in [3.8, 4) is 34.5 Å². The molecule has 0 bridgehead atoms. The first-order valence-corrected chi connectivity index (χ1v) is 20.9. The Hall–Kier alpha value is -4.65. The smallest absolute Gasteiger partial charge is 0.289 e. The van der Waals surface area contributed by atoms with Gasteiger partial charge in [0.05, 0.1) is 41.1 Å². The SMILES string of the molecule is CC[C@H]1CN2CCc3cc(OC)c(OC)cc3[C@@H]2C[C@@H]1C[C@@H]1c2cc(OC)c(OC)cc2CCN1C(=O)C1=C[C@H](c2ccc3c(c2)OCO3)C[C@H](OCCCCO)O1. The van der Waals surface area contributed by atoms with E-state index in [9.17, 15) is 5.11 Å². The van der Waals surface area contributed by atoms with E-state index in [0.29, 0.717) is 79.4 Å². The Bertz CT molecular complexity index is 1980. The number of aliphatic hydroxyl groups is 1. The van der Waals surface area contributed by atoms with E-state index in [-0.39, 0.29) is 37.3 Å². The number of benzene rings is 3. The van der Waals surface area contributed by atoms with E-state index in [2.05, 4.69) is 36.1 Å². The minimum Gasteiger partial charge on any atom is -0.493 e. The Balaban J connectivity index is 1.14. The summed E-state index contributed by atoms with van der Waals surface area (Å²) in [6.45, 7) is 5.53. The summed E-state index contributed by atoms with van der Waals surface area (Å²) in [4.78, 5) is 19.9. The summed E-state index contributed by atoms with van der Waals surface area (Å²) in [5.74, 6) is 5.04.